The van der Waals surface area contributed by atoms with Crippen LogP contribution in [0.2, 0.25) is 0 Å². The topological polar surface area (TPSA) is 33.1 Å². The Hall–Kier alpha value is -0.410. The van der Waals surface area contributed by atoms with Gasteiger partial charge < -0.3 is 5.11 Å². The van der Waals surface area contributed by atoms with E-state index in [1.807, 2.05) is 12.3 Å². The molecule has 0 aromatic carbocycles. The molecule has 1 aliphatic rings. The minimum atomic E-state index is -0.0945. The number of aliphatic hydroxyl groups excluding tert-OH is 1. The van der Waals surface area contributed by atoms with Crippen LogP contribution in [0, 0.1) is 5.92 Å². The van der Waals surface area contributed by atoms with Crippen LogP contribution in [0.15, 0.2) is 22.8 Å². The Morgan fingerprint density at radius 1 is 1.31 bits per heavy atom. The maximum Gasteiger partial charge on any atom is 0.0543 e. The summed E-state index contributed by atoms with van der Waals surface area (Å²) in [6, 6.07) is 4.11. The zero-order valence-corrected chi connectivity index (χ0v) is 11.0. The Morgan fingerprint density at radius 3 is 2.88 bits per heavy atom. The molecule has 3 heteroatoms. The van der Waals surface area contributed by atoms with Gasteiger partial charge in [-0.25, -0.2) is 0 Å². The van der Waals surface area contributed by atoms with Crippen LogP contribution in [0.25, 0.3) is 0 Å². The Labute approximate surface area is 105 Å². The van der Waals surface area contributed by atoms with Gasteiger partial charge in [-0.15, -0.1) is 0 Å². The molecule has 2 nitrogen and oxygen atoms in total. The third-order valence-electron chi connectivity index (χ3n) is 3.29. The van der Waals surface area contributed by atoms with Crippen LogP contribution in [0.3, 0.4) is 0 Å². The molecule has 1 N–H and O–H groups in total. The summed E-state index contributed by atoms with van der Waals surface area (Å²) in [6.07, 6.45) is 8.33. The molecule has 1 aliphatic carbocycles. The Balaban J connectivity index is 1.95. The first kappa shape index (κ1) is 12.1. The quantitative estimate of drug-likeness (QED) is 0.845. The smallest absolute Gasteiger partial charge is 0.0543 e. The van der Waals surface area contributed by atoms with Crippen molar-refractivity contribution in [1.82, 2.24) is 4.98 Å². The van der Waals surface area contributed by atoms with Gasteiger partial charge in [-0.05, 0) is 59.7 Å². The van der Waals surface area contributed by atoms with Crippen molar-refractivity contribution in [1.29, 1.82) is 0 Å². The molecule has 0 saturated heterocycles. The van der Waals surface area contributed by atoms with E-state index in [9.17, 15) is 5.11 Å². The number of hydrogen-bond donors (Lipinski definition) is 1. The molecule has 88 valence electrons. The van der Waals surface area contributed by atoms with Gasteiger partial charge in [0.2, 0.25) is 0 Å². The minimum Gasteiger partial charge on any atom is -0.393 e. The van der Waals surface area contributed by atoms with Gasteiger partial charge in [0.25, 0.3) is 0 Å². The first-order valence-electron chi connectivity index (χ1n) is 6.02. The van der Waals surface area contributed by atoms with Crippen molar-refractivity contribution in [2.45, 2.75) is 44.6 Å². The van der Waals surface area contributed by atoms with Gasteiger partial charge in [0, 0.05) is 16.4 Å². The second kappa shape index (κ2) is 5.78. The van der Waals surface area contributed by atoms with Crippen molar-refractivity contribution in [2.75, 3.05) is 0 Å². The number of rotatable bonds is 2. The molecule has 0 aliphatic heterocycles. The van der Waals surface area contributed by atoms with Gasteiger partial charge in [0.15, 0.2) is 0 Å². The lowest BCUT2D eigenvalue weighted by atomic mass is 9.94. The van der Waals surface area contributed by atoms with E-state index >= 15 is 0 Å². The predicted octanol–water partition coefficient (Wildman–Crippen LogP) is 3.33. The standard InChI is InChI=1S/C13H18BrNO/c14-11-5-6-12(15-9-11)7-10-3-1-2-4-13(16)8-10/h5-6,9-10,13,16H,1-4,7-8H2. The molecule has 1 aromatic heterocycles. The molecule has 0 radical (unpaired) electrons. The summed E-state index contributed by atoms with van der Waals surface area (Å²) in [7, 11) is 0. The second-order valence-corrected chi connectivity index (χ2v) is 5.63. The van der Waals surface area contributed by atoms with Crippen molar-refractivity contribution in [3.63, 3.8) is 0 Å². The van der Waals surface area contributed by atoms with Gasteiger partial charge in [-0.2, -0.15) is 0 Å². The van der Waals surface area contributed by atoms with Crippen molar-refractivity contribution in [3.8, 4) is 0 Å². The lowest BCUT2D eigenvalue weighted by molar-refractivity contribution is 0.141. The van der Waals surface area contributed by atoms with Crippen LogP contribution < -0.4 is 0 Å². The fourth-order valence-electron chi connectivity index (χ4n) is 2.44. The number of aromatic nitrogens is 1. The Bertz CT molecular complexity index is 325. The molecule has 0 bridgehead atoms. The van der Waals surface area contributed by atoms with E-state index in [1.54, 1.807) is 0 Å². The molecule has 0 amide bonds. The zero-order valence-electron chi connectivity index (χ0n) is 9.40. The Kier molecular flexibility index (Phi) is 4.36. The SMILES string of the molecule is OC1CCCCC(Cc2ccc(Br)cn2)C1. The summed E-state index contributed by atoms with van der Waals surface area (Å²) in [5.41, 5.74) is 1.14. The first-order chi connectivity index (χ1) is 7.74. The second-order valence-electron chi connectivity index (χ2n) is 4.71. The highest BCUT2D eigenvalue weighted by molar-refractivity contribution is 9.10. The highest BCUT2D eigenvalue weighted by Crippen LogP contribution is 2.26. The first-order valence-corrected chi connectivity index (χ1v) is 6.82. The van der Waals surface area contributed by atoms with E-state index in [0.717, 1.165) is 29.4 Å². The van der Waals surface area contributed by atoms with E-state index in [0.29, 0.717) is 5.92 Å². The molecule has 16 heavy (non-hydrogen) atoms. The lowest BCUT2D eigenvalue weighted by Gasteiger charge is -2.15. The summed E-state index contributed by atoms with van der Waals surface area (Å²) < 4.78 is 1.03. The molecular formula is C13H18BrNO. The summed E-state index contributed by atoms with van der Waals surface area (Å²) in [4.78, 5) is 4.40. The van der Waals surface area contributed by atoms with Crippen LogP contribution in [-0.2, 0) is 6.42 Å². The van der Waals surface area contributed by atoms with E-state index in [2.05, 4.69) is 27.0 Å². The number of aliphatic hydroxyl groups is 1. The fraction of sp³-hybridized carbons (Fsp3) is 0.615. The molecule has 2 unspecified atom stereocenters. The summed E-state index contributed by atoms with van der Waals surface area (Å²) in [5, 5.41) is 9.75. The normalized spacial score (nSPS) is 26.4. The molecule has 1 fully saturated rings. The van der Waals surface area contributed by atoms with Crippen LogP contribution >= 0.6 is 15.9 Å². The number of halogens is 1. The van der Waals surface area contributed by atoms with E-state index in [4.69, 9.17) is 0 Å². The molecule has 2 atom stereocenters. The van der Waals surface area contributed by atoms with Crippen molar-refractivity contribution in [2.24, 2.45) is 5.92 Å². The zero-order chi connectivity index (χ0) is 11.4. The molecule has 1 saturated carbocycles. The van der Waals surface area contributed by atoms with Crippen molar-refractivity contribution in [3.05, 3.63) is 28.5 Å². The predicted molar refractivity (Wildman–Crippen MR) is 68.2 cm³/mol. The third kappa shape index (κ3) is 3.56. The highest BCUT2D eigenvalue weighted by Gasteiger charge is 2.18. The number of hydrogen-bond acceptors (Lipinski definition) is 2. The number of nitrogens with zero attached hydrogens (tertiary/aromatic N) is 1. The molecule has 1 heterocycles. The highest BCUT2D eigenvalue weighted by atomic mass is 79.9. The van der Waals surface area contributed by atoms with E-state index in [-0.39, 0.29) is 6.10 Å². The fourth-order valence-corrected chi connectivity index (χ4v) is 2.68. The minimum absolute atomic E-state index is 0.0945. The maximum atomic E-state index is 9.75. The van der Waals surface area contributed by atoms with Gasteiger partial charge >= 0.3 is 0 Å². The molecule has 2 rings (SSSR count). The summed E-state index contributed by atoms with van der Waals surface area (Å²) >= 11 is 3.39. The van der Waals surface area contributed by atoms with Gasteiger partial charge in [-0.1, -0.05) is 12.8 Å². The van der Waals surface area contributed by atoms with Gasteiger partial charge in [0.05, 0.1) is 6.10 Å². The molecule has 0 spiro atoms. The third-order valence-corrected chi connectivity index (χ3v) is 3.76. The number of pyridine rings is 1. The maximum absolute atomic E-state index is 9.75. The summed E-state index contributed by atoms with van der Waals surface area (Å²) in [5.74, 6) is 0.603. The Morgan fingerprint density at radius 2 is 2.12 bits per heavy atom. The van der Waals surface area contributed by atoms with E-state index < -0.39 is 0 Å². The lowest BCUT2D eigenvalue weighted by Crippen LogP contribution is -2.13. The summed E-state index contributed by atoms with van der Waals surface area (Å²) in [6.45, 7) is 0. The van der Waals surface area contributed by atoms with Crippen LogP contribution in [-0.4, -0.2) is 16.2 Å². The van der Waals surface area contributed by atoms with Crippen molar-refractivity contribution >= 4 is 15.9 Å². The molecule has 1 aromatic rings. The average Bonchev–Trinajstić information content (AvgIpc) is 2.46. The molecular weight excluding hydrogens is 266 g/mol. The monoisotopic (exact) mass is 283 g/mol. The van der Waals surface area contributed by atoms with E-state index in [1.165, 1.54) is 19.3 Å². The van der Waals surface area contributed by atoms with Gasteiger partial charge in [0.1, 0.15) is 0 Å². The van der Waals surface area contributed by atoms with Gasteiger partial charge in [-0.3, -0.25) is 4.98 Å². The van der Waals surface area contributed by atoms with Crippen LogP contribution in [0.5, 0.6) is 0 Å². The van der Waals surface area contributed by atoms with Crippen LogP contribution in [0.1, 0.15) is 37.8 Å². The largest absolute Gasteiger partial charge is 0.393 e. The van der Waals surface area contributed by atoms with Crippen LogP contribution in [0.4, 0.5) is 0 Å². The van der Waals surface area contributed by atoms with Crippen molar-refractivity contribution < 1.29 is 5.11 Å². The average molecular weight is 284 g/mol.